The van der Waals surface area contributed by atoms with Gasteiger partial charge < -0.3 is 25.5 Å². The smallest absolute Gasteiger partial charge is 0.459 e. The van der Waals surface area contributed by atoms with Crippen LogP contribution in [0.3, 0.4) is 0 Å². The average Bonchev–Trinajstić information content (AvgIpc) is 3.65. The molecule has 9 heteroatoms. The highest BCUT2D eigenvalue weighted by Gasteiger charge is 2.51. The van der Waals surface area contributed by atoms with E-state index in [1.807, 2.05) is 75.4 Å². The molecule has 2 aliphatic rings. The first-order valence-corrected chi connectivity index (χ1v) is 12.9. The molecular weight excluding hydrogens is 484 g/mol. The van der Waals surface area contributed by atoms with E-state index < -0.39 is 17.7 Å². The first-order valence-electron chi connectivity index (χ1n) is 12.9. The number of hydroxylamine groups is 3. The molecule has 3 aromatic rings. The quantitative estimate of drug-likeness (QED) is 0.416. The van der Waals surface area contributed by atoms with Crippen LogP contribution in [0.5, 0.6) is 11.5 Å². The fourth-order valence-corrected chi connectivity index (χ4v) is 5.37. The average molecular weight is 520 g/mol. The second kappa shape index (κ2) is 9.72. The summed E-state index contributed by atoms with van der Waals surface area (Å²) in [5, 5.41) is 0. The number of carbonyl (C=O) groups excluding carboxylic acids is 2. The van der Waals surface area contributed by atoms with E-state index in [2.05, 4.69) is 4.57 Å². The standard InChI is InChI=1S/C29H34N4O5/c1-29(2,3)33(38-28(31)35)15-14-32-23(17-33)26(37-27(30)34)24(25(32)20-12-13-20)21-10-7-11-22(16-21)36-18-19-8-5-4-6-9-19/h4-11,16,20H,12-15,17-18H2,1-3H3,(H3-,30,31,34,35)/p+1. The number of primary amides is 2. The minimum absolute atomic E-state index is 0.0226. The van der Waals surface area contributed by atoms with Crippen LogP contribution < -0.4 is 20.9 Å². The van der Waals surface area contributed by atoms with Crippen molar-refractivity contribution >= 4 is 12.2 Å². The molecule has 0 radical (unpaired) electrons. The highest BCUT2D eigenvalue weighted by atomic mass is 16.8. The fourth-order valence-electron chi connectivity index (χ4n) is 5.37. The van der Waals surface area contributed by atoms with Crippen LogP contribution in [0.1, 0.15) is 56.5 Å². The van der Waals surface area contributed by atoms with Gasteiger partial charge in [-0.25, -0.2) is 9.59 Å². The third-order valence-electron chi connectivity index (χ3n) is 7.48. The summed E-state index contributed by atoms with van der Waals surface area (Å²) in [6.07, 6.45) is 0.360. The maximum absolute atomic E-state index is 12.2. The van der Waals surface area contributed by atoms with Crippen molar-refractivity contribution in [1.82, 2.24) is 4.57 Å². The highest BCUT2D eigenvalue weighted by molar-refractivity contribution is 5.81. The van der Waals surface area contributed by atoms with Crippen LogP contribution in [-0.4, -0.2) is 33.5 Å². The summed E-state index contributed by atoms with van der Waals surface area (Å²) in [5.74, 6) is 1.45. The van der Waals surface area contributed by atoms with Gasteiger partial charge in [0.15, 0.2) is 12.3 Å². The molecule has 2 heterocycles. The van der Waals surface area contributed by atoms with E-state index in [9.17, 15) is 9.59 Å². The number of amides is 2. The lowest BCUT2D eigenvalue weighted by Crippen LogP contribution is -2.63. The number of hydrogen-bond donors (Lipinski definition) is 2. The van der Waals surface area contributed by atoms with E-state index in [0.29, 0.717) is 43.7 Å². The normalized spacial score (nSPS) is 18.9. The zero-order chi connectivity index (χ0) is 27.1. The lowest BCUT2D eigenvalue weighted by atomic mass is 10.0. The summed E-state index contributed by atoms with van der Waals surface area (Å²) in [5.41, 5.74) is 15.3. The largest absolute Gasteiger partial charge is 0.489 e. The van der Waals surface area contributed by atoms with E-state index in [-0.39, 0.29) is 4.65 Å². The Bertz CT molecular complexity index is 1360. The van der Waals surface area contributed by atoms with Crippen LogP contribution in [0.25, 0.3) is 11.1 Å². The van der Waals surface area contributed by atoms with Gasteiger partial charge in [-0.1, -0.05) is 42.5 Å². The molecule has 2 amide bonds. The minimum Gasteiger partial charge on any atom is -0.489 e. The minimum atomic E-state index is -0.895. The summed E-state index contributed by atoms with van der Waals surface area (Å²) in [4.78, 5) is 29.9. The van der Waals surface area contributed by atoms with Gasteiger partial charge in [-0.3, -0.25) is 4.84 Å². The molecule has 1 aliphatic heterocycles. The molecule has 1 aromatic heterocycles. The van der Waals surface area contributed by atoms with Gasteiger partial charge >= 0.3 is 12.2 Å². The molecular formula is C29H35N4O5+. The van der Waals surface area contributed by atoms with Crippen molar-refractivity contribution in [2.24, 2.45) is 11.5 Å². The van der Waals surface area contributed by atoms with Gasteiger partial charge in [0, 0.05) is 17.2 Å². The second-order valence-electron chi connectivity index (χ2n) is 11.0. The number of benzene rings is 2. The Morgan fingerprint density at radius 1 is 1.03 bits per heavy atom. The monoisotopic (exact) mass is 519 g/mol. The number of fused-ring (bicyclic) bond motifs is 1. The second-order valence-corrected chi connectivity index (χ2v) is 11.0. The number of carbonyl (C=O) groups is 2. The van der Waals surface area contributed by atoms with Crippen molar-refractivity contribution in [3.05, 3.63) is 71.5 Å². The topological polar surface area (TPSA) is 119 Å². The molecule has 1 aliphatic carbocycles. The SMILES string of the molecule is CC(C)(C)[N+]1(OC(N)=O)CCn2c(c(OC(N)=O)c(-c3cccc(OCc4ccccc4)c3)c2C2CC2)C1. The Labute approximate surface area is 222 Å². The van der Waals surface area contributed by atoms with E-state index in [1.54, 1.807) is 0 Å². The third kappa shape index (κ3) is 4.93. The maximum Gasteiger partial charge on any atom is 0.459 e. The van der Waals surface area contributed by atoms with Crippen LogP contribution in [0.15, 0.2) is 54.6 Å². The molecule has 38 heavy (non-hydrogen) atoms. The molecule has 2 aromatic carbocycles. The van der Waals surface area contributed by atoms with E-state index in [4.69, 9.17) is 25.8 Å². The predicted molar refractivity (Wildman–Crippen MR) is 142 cm³/mol. The Kier molecular flexibility index (Phi) is 6.56. The summed E-state index contributed by atoms with van der Waals surface area (Å²) in [6, 6.07) is 17.8. The first-order chi connectivity index (χ1) is 18.1. The van der Waals surface area contributed by atoms with E-state index >= 15 is 0 Å². The molecule has 0 bridgehead atoms. The van der Waals surface area contributed by atoms with Crippen molar-refractivity contribution in [1.29, 1.82) is 0 Å². The molecule has 5 rings (SSSR count). The molecule has 4 N–H and O–H groups in total. The predicted octanol–water partition coefficient (Wildman–Crippen LogP) is 5.21. The Balaban J connectivity index is 1.60. The lowest BCUT2D eigenvalue weighted by molar-refractivity contribution is -1.13. The van der Waals surface area contributed by atoms with Crippen molar-refractivity contribution in [3.8, 4) is 22.6 Å². The third-order valence-corrected chi connectivity index (χ3v) is 7.48. The number of nitrogens with zero attached hydrogens (tertiary/aromatic N) is 2. The maximum atomic E-state index is 12.2. The van der Waals surface area contributed by atoms with Gasteiger partial charge in [0.05, 0.1) is 6.54 Å². The number of quaternary nitrogens is 1. The van der Waals surface area contributed by atoms with Crippen molar-refractivity contribution in [2.45, 2.75) is 64.8 Å². The molecule has 1 atom stereocenters. The molecule has 9 nitrogen and oxygen atoms in total. The number of ether oxygens (including phenoxy) is 2. The van der Waals surface area contributed by atoms with Gasteiger partial charge in [-0.2, -0.15) is 0 Å². The van der Waals surface area contributed by atoms with Crippen LogP contribution in [0.4, 0.5) is 9.59 Å². The van der Waals surface area contributed by atoms with Crippen LogP contribution in [-0.2, 0) is 24.5 Å². The molecule has 0 saturated heterocycles. The molecule has 200 valence electrons. The van der Waals surface area contributed by atoms with Gasteiger partial charge in [0.25, 0.3) is 0 Å². The zero-order valence-electron chi connectivity index (χ0n) is 22.1. The lowest BCUT2D eigenvalue weighted by Gasteiger charge is -2.46. The summed E-state index contributed by atoms with van der Waals surface area (Å²) < 4.78 is 14.0. The van der Waals surface area contributed by atoms with Crippen LogP contribution in [0.2, 0.25) is 0 Å². The van der Waals surface area contributed by atoms with Gasteiger partial charge in [0.2, 0.25) is 0 Å². The van der Waals surface area contributed by atoms with E-state index in [1.165, 1.54) is 0 Å². The Morgan fingerprint density at radius 2 is 1.76 bits per heavy atom. The van der Waals surface area contributed by atoms with Crippen molar-refractivity contribution < 1.29 is 28.5 Å². The van der Waals surface area contributed by atoms with E-state index in [0.717, 1.165) is 40.9 Å². The number of nitrogens with two attached hydrogens (primary N) is 2. The van der Waals surface area contributed by atoms with Crippen molar-refractivity contribution in [2.75, 3.05) is 6.54 Å². The Hall–Kier alpha value is -3.98. The summed E-state index contributed by atoms with van der Waals surface area (Å²) in [7, 11) is 0. The molecule has 1 saturated carbocycles. The van der Waals surface area contributed by atoms with Crippen LogP contribution in [0, 0.1) is 0 Å². The number of aromatic nitrogens is 1. The van der Waals surface area contributed by atoms with Gasteiger partial charge in [-0.15, -0.1) is 4.65 Å². The molecule has 1 fully saturated rings. The molecule has 1 unspecified atom stereocenters. The number of hydrogen-bond acceptors (Lipinski definition) is 5. The zero-order valence-corrected chi connectivity index (χ0v) is 22.1. The fraction of sp³-hybridized carbons (Fsp3) is 0.379. The van der Waals surface area contributed by atoms with Gasteiger partial charge in [-0.05, 0) is 56.9 Å². The molecule has 0 spiro atoms. The van der Waals surface area contributed by atoms with Gasteiger partial charge in [0.1, 0.15) is 30.1 Å². The number of rotatable bonds is 7. The first kappa shape index (κ1) is 25.7. The Morgan fingerprint density at radius 3 is 2.39 bits per heavy atom. The summed E-state index contributed by atoms with van der Waals surface area (Å²) in [6.45, 7) is 7.83. The summed E-state index contributed by atoms with van der Waals surface area (Å²) >= 11 is 0. The van der Waals surface area contributed by atoms with Crippen molar-refractivity contribution in [3.63, 3.8) is 0 Å². The van der Waals surface area contributed by atoms with Crippen LogP contribution >= 0.6 is 0 Å². The highest BCUT2D eigenvalue weighted by Crippen LogP contribution is 2.52.